The van der Waals surface area contributed by atoms with Gasteiger partial charge in [0.15, 0.2) is 0 Å². The van der Waals surface area contributed by atoms with Gasteiger partial charge in [0, 0.05) is 16.1 Å². The number of amides is 1. The van der Waals surface area contributed by atoms with Crippen molar-refractivity contribution in [1.82, 2.24) is 5.43 Å². The number of aromatic hydroxyl groups is 1. The summed E-state index contributed by atoms with van der Waals surface area (Å²) in [6.07, 6.45) is 1.29. The van der Waals surface area contributed by atoms with Crippen molar-refractivity contribution in [2.24, 2.45) is 5.10 Å². The Bertz CT molecular complexity index is 758. The number of hydrogen-bond acceptors (Lipinski definition) is 3. The summed E-state index contributed by atoms with van der Waals surface area (Å²) in [5, 5.41) is 14.1. The minimum atomic E-state index is -0.329. The van der Waals surface area contributed by atoms with Gasteiger partial charge in [0.05, 0.1) is 11.2 Å². The number of carbonyl (C=O) groups excluding carboxylic acids is 1. The van der Waals surface area contributed by atoms with Crippen LogP contribution in [0.5, 0.6) is 5.75 Å². The van der Waals surface area contributed by atoms with Gasteiger partial charge < -0.3 is 5.11 Å². The summed E-state index contributed by atoms with van der Waals surface area (Å²) in [4.78, 5) is 12.1. The van der Waals surface area contributed by atoms with E-state index in [1.165, 1.54) is 18.3 Å². The van der Waals surface area contributed by atoms with Crippen LogP contribution in [0.1, 0.15) is 27.0 Å². The fourth-order valence-corrected chi connectivity index (χ4v) is 2.39. The molecule has 4 nitrogen and oxygen atoms in total. The molecule has 114 valence electrons. The zero-order valence-corrected chi connectivity index (χ0v) is 13.5. The van der Waals surface area contributed by atoms with Crippen molar-refractivity contribution < 1.29 is 9.90 Å². The summed E-state index contributed by atoms with van der Waals surface area (Å²) >= 11 is 11.7. The summed E-state index contributed by atoms with van der Waals surface area (Å²) in [7, 11) is 0. The van der Waals surface area contributed by atoms with E-state index in [4.69, 9.17) is 23.2 Å². The maximum absolute atomic E-state index is 12.1. The topological polar surface area (TPSA) is 61.7 Å². The van der Waals surface area contributed by atoms with Gasteiger partial charge in [-0.25, -0.2) is 5.43 Å². The number of halogens is 2. The Morgan fingerprint density at radius 2 is 1.95 bits per heavy atom. The Morgan fingerprint density at radius 3 is 2.68 bits per heavy atom. The van der Waals surface area contributed by atoms with Crippen LogP contribution in [-0.4, -0.2) is 17.2 Å². The highest BCUT2D eigenvalue weighted by Gasteiger charge is 2.09. The second kappa shape index (κ2) is 6.81. The fraction of sp³-hybridized carbons (Fsp3) is 0.125. The molecule has 0 atom stereocenters. The second-order valence-electron chi connectivity index (χ2n) is 4.84. The molecule has 0 radical (unpaired) electrons. The lowest BCUT2D eigenvalue weighted by Gasteiger charge is -2.05. The van der Waals surface area contributed by atoms with Crippen LogP contribution in [0.25, 0.3) is 0 Å². The first-order valence-electron chi connectivity index (χ1n) is 6.47. The summed E-state index contributed by atoms with van der Waals surface area (Å²) < 4.78 is 0. The predicted octanol–water partition coefficient (Wildman–Crippen LogP) is 4.08. The van der Waals surface area contributed by atoms with Gasteiger partial charge in [0.2, 0.25) is 0 Å². The number of hydrazone groups is 1. The first kappa shape index (κ1) is 16.3. The van der Waals surface area contributed by atoms with Gasteiger partial charge in [-0.1, -0.05) is 40.9 Å². The van der Waals surface area contributed by atoms with E-state index in [2.05, 4.69) is 10.5 Å². The number of nitrogens with zero attached hydrogens (tertiary/aromatic N) is 1. The molecular formula is C16H14Cl2N2O2. The van der Waals surface area contributed by atoms with E-state index in [-0.39, 0.29) is 16.7 Å². The maximum Gasteiger partial charge on any atom is 0.271 e. The van der Waals surface area contributed by atoms with Gasteiger partial charge in [-0.2, -0.15) is 5.10 Å². The van der Waals surface area contributed by atoms with Crippen LogP contribution >= 0.6 is 23.2 Å². The van der Waals surface area contributed by atoms with Crippen molar-refractivity contribution >= 4 is 35.3 Å². The number of nitrogens with one attached hydrogen (secondary N) is 1. The molecule has 2 aromatic carbocycles. The highest BCUT2D eigenvalue weighted by Crippen LogP contribution is 2.29. The molecule has 6 heteroatoms. The molecule has 0 saturated heterocycles. The second-order valence-corrected chi connectivity index (χ2v) is 5.69. The van der Waals surface area contributed by atoms with E-state index in [0.717, 1.165) is 11.1 Å². The maximum atomic E-state index is 12.1. The van der Waals surface area contributed by atoms with Crippen LogP contribution in [0.15, 0.2) is 35.4 Å². The Balaban J connectivity index is 2.16. The van der Waals surface area contributed by atoms with Crippen molar-refractivity contribution in [3.8, 4) is 5.75 Å². The Kier molecular flexibility index (Phi) is 5.06. The quantitative estimate of drug-likeness (QED) is 0.655. The number of aryl methyl sites for hydroxylation is 2. The molecule has 0 aliphatic rings. The molecule has 0 unspecified atom stereocenters. The van der Waals surface area contributed by atoms with E-state index in [9.17, 15) is 9.90 Å². The molecule has 2 N–H and O–H groups in total. The summed E-state index contributed by atoms with van der Waals surface area (Å²) in [5.41, 5.74) is 5.12. The summed E-state index contributed by atoms with van der Waals surface area (Å²) in [5.74, 6) is -0.471. The number of hydrogen-bond donors (Lipinski definition) is 2. The highest BCUT2D eigenvalue weighted by atomic mass is 35.5. The predicted molar refractivity (Wildman–Crippen MR) is 89.1 cm³/mol. The van der Waals surface area contributed by atoms with Crippen molar-refractivity contribution in [3.05, 3.63) is 62.6 Å². The third kappa shape index (κ3) is 3.78. The largest absolute Gasteiger partial charge is 0.506 e. The first-order valence-corrected chi connectivity index (χ1v) is 7.22. The standard InChI is InChI=1S/C16H14Cl2N2O2/c1-9-3-4-10(2)13(5-9)16(22)20-19-8-11-6-12(17)7-14(18)15(11)21/h3-8,21H,1-2H3,(H,20,22)/b19-8+. The van der Waals surface area contributed by atoms with Gasteiger partial charge >= 0.3 is 0 Å². The van der Waals surface area contributed by atoms with Crippen LogP contribution in [0, 0.1) is 13.8 Å². The molecular weight excluding hydrogens is 323 g/mol. The molecule has 0 aromatic heterocycles. The molecule has 22 heavy (non-hydrogen) atoms. The molecule has 0 heterocycles. The van der Waals surface area contributed by atoms with Crippen molar-refractivity contribution in [2.75, 3.05) is 0 Å². The smallest absolute Gasteiger partial charge is 0.271 e. The molecule has 1 amide bonds. The molecule has 0 aliphatic heterocycles. The zero-order chi connectivity index (χ0) is 16.3. The van der Waals surface area contributed by atoms with Crippen molar-refractivity contribution in [2.45, 2.75) is 13.8 Å². The number of rotatable bonds is 3. The average molecular weight is 337 g/mol. The van der Waals surface area contributed by atoms with E-state index >= 15 is 0 Å². The minimum absolute atomic E-state index is 0.120. The molecule has 0 aliphatic carbocycles. The third-order valence-corrected chi connectivity index (χ3v) is 3.57. The lowest BCUT2D eigenvalue weighted by Crippen LogP contribution is -2.18. The van der Waals surface area contributed by atoms with Crippen LogP contribution in [0.3, 0.4) is 0 Å². The van der Waals surface area contributed by atoms with E-state index in [1.54, 1.807) is 6.07 Å². The van der Waals surface area contributed by atoms with Gasteiger partial charge in [0.25, 0.3) is 5.91 Å². The molecule has 2 aromatic rings. The third-order valence-electron chi connectivity index (χ3n) is 3.07. The summed E-state index contributed by atoms with van der Waals surface area (Å²) in [6.45, 7) is 3.76. The molecule has 0 fully saturated rings. The van der Waals surface area contributed by atoms with E-state index in [0.29, 0.717) is 16.1 Å². The van der Waals surface area contributed by atoms with Gasteiger partial charge in [-0.05, 0) is 37.6 Å². The lowest BCUT2D eigenvalue weighted by molar-refractivity contribution is 0.0954. The molecule has 0 spiro atoms. The number of phenols is 1. The van der Waals surface area contributed by atoms with Crippen LogP contribution < -0.4 is 5.43 Å². The van der Waals surface area contributed by atoms with E-state index < -0.39 is 0 Å². The zero-order valence-electron chi connectivity index (χ0n) is 12.0. The van der Waals surface area contributed by atoms with Crippen LogP contribution in [-0.2, 0) is 0 Å². The molecule has 0 saturated carbocycles. The minimum Gasteiger partial charge on any atom is -0.506 e. The number of phenolic OH excluding ortho intramolecular Hbond substituents is 1. The SMILES string of the molecule is Cc1ccc(C)c(C(=O)N/N=C/c2cc(Cl)cc(Cl)c2O)c1. The molecule has 2 rings (SSSR count). The average Bonchev–Trinajstić information content (AvgIpc) is 2.46. The Morgan fingerprint density at radius 1 is 1.23 bits per heavy atom. The van der Waals surface area contributed by atoms with Crippen LogP contribution in [0.2, 0.25) is 10.0 Å². The van der Waals surface area contributed by atoms with Gasteiger partial charge in [-0.3, -0.25) is 4.79 Å². The normalized spacial score (nSPS) is 10.9. The number of benzene rings is 2. The number of carbonyl (C=O) groups is 1. The lowest BCUT2D eigenvalue weighted by atomic mass is 10.1. The van der Waals surface area contributed by atoms with Crippen molar-refractivity contribution in [3.63, 3.8) is 0 Å². The van der Waals surface area contributed by atoms with Gasteiger partial charge in [0.1, 0.15) is 5.75 Å². The Labute approximate surface area is 138 Å². The van der Waals surface area contributed by atoms with Crippen molar-refractivity contribution in [1.29, 1.82) is 0 Å². The monoisotopic (exact) mass is 336 g/mol. The molecule has 0 bridgehead atoms. The van der Waals surface area contributed by atoms with Gasteiger partial charge in [-0.15, -0.1) is 0 Å². The highest BCUT2D eigenvalue weighted by molar-refractivity contribution is 6.36. The summed E-state index contributed by atoms with van der Waals surface area (Å²) in [6, 6.07) is 8.51. The van der Waals surface area contributed by atoms with E-state index in [1.807, 2.05) is 26.0 Å². The Hall–Kier alpha value is -2.04. The fourth-order valence-electron chi connectivity index (χ4n) is 1.89. The first-order chi connectivity index (χ1) is 10.4. The van der Waals surface area contributed by atoms with Crippen LogP contribution in [0.4, 0.5) is 0 Å².